The smallest absolute Gasteiger partial charge is 0.255 e. The average molecular weight is 271 g/mol. The second-order valence-electron chi connectivity index (χ2n) is 4.38. The van der Waals surface area contributed by atoms with E-state index in [0.29, 0.717) is 22.7 Å². The molecule has 1 aliphatic heterocycles. The third-order valence-corrected chi connectivity index (χ3v) is 3.00. The Morgan fingerprint density at radius 1 is 1.15 bits per heavy atom. The van der Waals surface area contributed by atoms with Crippen molar-refractivity contribution >= 4 is 11.6 Å². The van der Waals surface area contributed by atoms with Crippen LogP contribution >= 0.6 is 0 Å². The molecule has 0 atom stereocenters. The van der Waals surface area contributed by atoms with Crippen LogP contribution in [0.15, 0.2) is 42.5 Å². The Kier molecular flexibility index (Phi) is 3.26. The van der Waals surface area contributed by atoms with E-state index >= 15 is 0 Å². The quantitative estimate of drug-likeness (QED) is 0.897. The molecular formula is C15H13NO4. The van der Waals surface area contributed by atoms with Crippen LogP contribution in [-0.2, 0) is 6.61 Å². The predicted molar refractivity (Wildman–Crippen MR) is 72.9 cm³/mol. The number of ether oxygens (including phenoxy) is 2. The van der Waals surface area contributed by atoms with Crippen molar-refractivity contribution in [3.8, 4) is 11.5 Å². The number of hydrogen-bond acceptors (Lipinski definition) is 4. The molecule has 102 valence electrons. The molecule has 2 aromatic carbocycles. The van der Waals surface area contributed by atoms with Gasteiger partial charge >= 0.3 is 0 Å². The molecule has 0 saturated carbocycles. The van der Waals surface area contributed by atoms with E-state index < -0.39 is 0 Å². The average Bonchev–Trinajstić information content (AvgIpc) is 2.94. The van der Waals surface area contributed by atoms with E-state index in [1.54, 1.807) is 42.5 Å². The SMILES string of the molecule is O=C(Nc1cccc(CO)c1)c1ccc2c(c1)OCO2. The fraction of sp³-hybridized carbons (Fsp3) is 0.133. The lowest BCUT2D eigenvalue weighted by Crippen LogP contribution is -2.11. The third-order valence-electron chi connectivity index (χ3n) is 3.00. The van der Waals surface area contributed by atoms with Crippen LogP contribution in [0.1, 0.15) is 15.9 Å². The van der Waals surface area contributed by atoms with Crippen molar-refractivity contribution in [2.45, 2.75) is 6.61 Å². The zero-order chi connectivity index (χ0) is 13.9. The number of aliphatic hydroxyl groups is 1. The van der Waals surface area contributed by atoms with Gasteiger partial charge in [0.05, 0.1) is 6.61 Å². The number of carbonyl (C=O) groups excluding carboxylic acids is 1. The molecule has 0 bridgehead atoms. The highest BCUT2D eigenvalue weighted by atomic mass is 16.7. The molecule has 0 unspecified atom stereocenters. The van der Waals surface area contributed by atoms with Gasteiger partial charge in [0.1, 0.15) is 0 Å². The molecule has 0 radical (unpaired) electrons. The molecule has 0 spiro atoms. The van der Waals surface area contributed by atoms with Crippen molar-refractivity contribution in [2.24, 2.45) is 0 Å². The van der Waals surface area contributed by atoms with E-state index in [2.05, 4.69) is 5.32 Å². The minimum atomic E-state index is -0.238. The first-order valence-electron chi connectivity index (χ1n) is 6.17. The van der Waals surface area contributed by atoms with Gasteiger partial charge in [-0.3, -0.25) is 4.79 Å². The Morgan fingerprint density at radius 2 is 2.00 bits per heavy atom. The maximum Gasteiger partial charge on any atom is 0.255 e. The van der Waals surface area contributed by atoms with Crippen LogP contribution in [-0.4, -0.2) is 17.8 Å². The molecule has 20 heavy (non-hydrogen) atoms. The summed E-state index contributed by atoms with van der Waals surface area (Å²) >= 11 is 0. The first kappa shape index (κ1) is 12.5. The van der Waals surface area contributed by atoms with Crippen LogP contribution in [0.2, 0.25) is 0 Å². The summed E-state index contributed by atoms with van der Waals surface area (Å²) in [4.78, 5) is 12.1. The number of fused-ring (bicyclic) bond motifs is 1. The summed E-state index contributed by atoms with van der Waals surface area (Å²) in [5, 5.41) is 11.9. The van der Waals surface area contributed by atoms with E-state index in [1.807, 2.05) is 0 Å². The monoisotopic (exact) mass is 271 g/mol. The first-order chi connectivity index (χ1) is 9.76. The third kappa shape index (κ3) is 2.44. The van der Waals surface area contributed by atoms with Crippen LogP contribution in [0, 0.1) is 0 Å². The van der Waals surface area contributed by atoms with Gasteiger partial charge in [0, 0.05) is 11.3 Å². The number of carbonyl (C=O) groups is 1. The number of aliphatic hydroxyl groups excluding tert-OH is 1. The van der Waals surface area contributed by atoms with Crippen LogP contribution in [0.4, 0.5) is 5.69 Å². The van der Waals surface area contributed by atoms with Gasteiger partial charge in [-0.05, 0) is 35.9 Å². The second-order valence-corrected chi connectivity index (χ2v) is 4.38. The summed E-state index contributed by atoms with van der Waals surface area (Å²) in [6.07, 6.45) is 0. The number of amides is 1. The number of benzene rings is 2. The van der Waals surface area contributed by atoms with Gasteiger partial charge in [-0.25, -0.2) is 0 Å². The van der Waals surface area contributed by atoms with Crippen molar-refractivity contribution in [3.05, 3.63) is 53.6 Å². The lowest BCUT2D eigenvalue weighted by Gasteiger charge is -2.07. The van der Waals surface area contributed by atoms with Gasteiger partial charge < -0.3 is 19.9 Å². The van der Waals surface area contributed by atoms with E-state index in [4.69, 9.17) is 14.6 Å². The molecule has 5 heteroatoms. The standard InChI is InChI=1S/C15H13NO4/c17-8-10-2-1-3-12(6-10)16-15(18)11-4-5-13-14(7-11)20-9-19-13/h1-7,17H,8-9H2,(H,16,18). The van der Waals surface area contributed by atoms with Crippen molar-refractivity contribution in [2.75, 3.05) is 12.1 Å². The number of rotatable bonds is 3. The zero-order valence-electron chi connectivity index (χ0n) is 10.6. The zero-order valence-corrected chi connectivity index (χ0v) is 10.6. The van der Waals surface area contributed by atoms with Gasteiger partial charge in [-0.1, -0.05) is 12.1 Å². The lowest BCUT2D eigenvalue weighted by molar-refractivity contribution is 0.102. The van der Waals surface area contributed by atoms with Gasteiger partial charge in [0.2, 0.25) is 6.79 Å². The van der Waals surface area contributed by atoms with Crippen LogP contribution in [0.25, 0.3) is 0 Å². The minimum absolute atomic E-state index is 0.0618. The molecule has 0 aromatic heterocycles. The van der Waals surface area contributed by atoms with Crippen LogP contribution in [0.3, 0.4) is 0 Å². The van der Waals surface area contributed by atoms with E-state index in [0.717, 1.165) is 5.56 Å². The van der Waals surface area contributed by atoms with E-state index in [-0.39, 0.29) is 19.3 Å². The molecule has 3 rings (SSSR count). The maximum absolute atomic E-state index is 12.1. The summed E-state index contributed by atoms with van der Waals surface area (Å²) in [5.41, 5.74) is 1.87. The highest BCUT2D eigenvalue weighted by Crippen LogP contribution is 2.32. The Bertz CT molecular complexity index is 654. The molecule has 0 aliphatic carbocycles. The normalized spacial score (nSPS) is 12.2. The molecule has 1 heterocycles. The van der Waals surface area contributed by atoms with Crippen molar-refractivity contribution in [1.82, 2.24) is 0 Å². The number of anilines is 1. The summed E-state index contributed by atoms with van der Waals surface area (Å²) in [5.74, 6) is 0.976. The highest BCUT2D eigenvalue weighted by Gasteiger charge is 2.16. The maximum atomic E-state index is 12.1. The molecule has 0 fully saturated rings. The van der Waals surface area contributed by atoms with Gasteiger partial charge in [-0.15, -0.1) is 0 Å². The van der Waals surface area contributed by atoms with Crippen LogP contribution < -0.4 is 14.8 Å². The molecule has 2 N–H and O–H groups in total. The highest BCUT2D eigenvalue weighted by molar-refractivity contribution is 6.04. The first-order valence-corrected chi connectivity index (χ1v) is 6.17. The van der Waals surface area contributed by atoms with Crippen molar-refractivity contribution < 1.29 is 19.4 Å². The lowest BCUT2D eigenvalue weighted by atomic mass is 10.1. The minimum Gasteiger partial charge on any atom is -0.454 e. The Hall–Kier alpha value is -2.53. The molecule has 5 nitrogen and oxygen atoms in total. The summed E-state index contributed by atoms with van der Waals surface area (Å²) in [7, 11) is 0. The predicted octanol–water partition coefficient (Wildman–Crippen LogP) is 2.16. The molecule has 1 aliphatic rings. The molecule has 1 amide bonds. The van der Waals surface area contributed by atoms with Crippen LogP contribution in [0.5, 0.6) is 11.5 Å². The summed E-state index contributed by atoms with van der Waals surface area (Å²) in [6, 6.07) is 12.1. The fourth-order valence-corrected chi connectivity index (χ4v) is 1.99. The largest absolute Gasteiger partial charge is 0.454 e. The molecular weight excluding hydrogens is 258 g/mol. The Balaban J connectivity index is 1.79. The Morgan fingerprint density at radius 3 is 2.85 bits per heavy atom. The van der Waals surface area contributed by atoms with E-state index in [9.17, 15) is 4.79 Å². The number of nitrogens with one attached hydrogen (secondary N) is 1. The van der Waals surface area contributed by atoms with Crippen molar-refractivity contribution in [1.29, 1.82) is 0 Å². The second kappa shape index (κ2) is 5.22. The summed E-state index contributed by atoms with van der Waals surface area (Å²) in [6.45, 7) is 0.118. The summed E-state index contributed by atoms with van der Waals surface area (Å²) < 4.78 is 10.4. The van der Waals surface area contributed by atoms with E-state index in [1.165, 1.54) is 0 Å². The Labute approximate surface area is 115 Å². The molecule has 2 aromatic rings. The van der Waals surface area contributed by atoms with Crippen molar-refractivity contribution in [3.63, 3.8) is 0 Å². The topological polar surface area (TPSA) is 67.8 Å². The van der Waals surface area contributed by atoms with Gasteiger partial charge in [-0.2, -0.15) is 0 Å². The number of hydrogen-bond donors (Lipinski definition) is 2. The fourth-order valence-electron chi connectivity index (χ4n) is 1.99. The molecule has 0 saturated heterocycles. The van der Waals surface area contributed by atoms with Gasteiger partial charge in [0.15, 0.2) is 11.5 Å². The van der Waals surface area contributed by atoms with Gasteiger partial charge in [0.25, 0.3) is 5.91 Å².